The molecule has 0 spiro atoms. The molecule has 1 unspecified atom stereocenters. The van der Waals surface area contributed by atoms with Crippen molar-refractivity contribution in [1.29, 1.82) is 0 Å². The molecule has 0 fully saturated rings. The second-order valence-corrected chi connectivity index (χ2v) is 6.33. The van der Waals surface area contributed by atoms with Gasteiger partial charge in [-0.2, -0.15) is 16.4 Å². The highest BCUT2D eigenvalue weighted by molar-refractivity contribution is 7.08. The molecule has 3 rings (SSSR count). The summed E-state index contributed by atoms with van der Waals surface area (Å²) in [5.74, 6) is 0.880. The Balaban J connectivity index is 2.32. The van der Waals surface area contributed by atoms with E-state index in [1.165, 1.54) is 0 Å². The molecule has 106 valence electrons. The molecule has 20 heavy (non-hydrogen) atoms. The van der Waals surface area contributed by atoms with Crippen LogP contribution in [0.2, 0.25) is 0 Å². The number of fused-ring (bicyclic) bond motifs is 1. The monoisotopic (exact) mass is 308 g/mol. The predicted octanol–water partition coefficient (Wildman–Crippen LogP) is 4.07. The standard InChI is InChI=1S/C14H17ClN4S/c1-4-5-11-12-14(18(3)17-11)19(10-6-7-20-8-10)13(16-12)9(2)15/h6-9H,4-5H2,1-3H3. The van der Waals surface area contributed by atoms with Gasteiger partial charge in [-0.15, -0.1) is 11.6 Å². The van der Waals surface area contributed by atoms with E-state index in [2.05, 4.69) is 33.4 Å². The second kappa shape index (κ2) is 5.22. The molecule has 0 saturated heterocycles. The molecular formula is C14H17ClN4S. The molecular weight excluding hydrogens is 292 g/mol. The van der Waals surface area contributed by atoms with Crippen molar-refractivity contribution in [1.82, 2.24) is 19.3 Å². The van der Waals surface area contributed by atoms with Gasteiger partial charge in [-0.05, 0) is 24.8 Å². The highest BCUT2D eigenvalue weighted by Crippen LogP contribution is 2.30. The third-order valence-corrected chi connectivity index (χ3v) is 4.20. The zero-order chi connectivity index (χ0) is 14.3. The maximum absolute atomic E-state index is 6.33. The van der Waals surface area contributed by atoms with Crippen molar-refractivity contribution in [3.05, 3.63) is 28.3 Å². The third kappa shape index (κ3) is 2.05. The first-order valence-electron chi connectivity index (χ1n) is 6.74. The van der Waals surface area contributed by atoms with Crippen molar-refractivity contribution in [3.8, 4) is 5.69 Å². The van der Waals surface area contributed by atoms with E-state index in [0.717, 1.165) is 41.2 Å². The van der Waals surface area contributed by atoms with Crippen molar-refractivity contribution in [2.75, 3.05) is 0 Å². The lowest BCUT2D eigenvalue weighted by Crippen LogP contribution is -2.05. The van der Waals surface area contributed by atoms with Gasteiger partial charge in [0, 0.05) is 12.4 Å². The van der Waals surface area contributed by atoms with Crippen LogP contribution in [0.25, 0.3) is 16.9 Å². The number of hydrogen-bond donors (Lipinski definition) is 0. The zero-order valence-electron chi connectivity index (χ0n) is 11.8. The molecule has 4 nitrogen and oxygen atoms in total. The van der Waals surface area contributed by atoms with E-state index in [1.54, 1.807) is 11.3 Å². The largest absolute Gasteiger partial charge is 0.279 e. The maximum Gasteiger partial charge on any atom is 0.163 e. The summed E-state index contributed by atoms with van der Waals surface area (Å²) in [6.45, 7) is 4.11. The van der Waals surface area contributed by atoms with E-state index >= 15 is 0 Å². The van der Waals surface area contributed by atoms with Crippen molar-refractivity contribution in [3.63, 3.8) is 0 Å². The lowest BCUT2D eigenvalue weighted by atomic mass is 10.2. The van der Waals surface area contributed by atoms with Gasteiger partial charge < -0.3 is 0 Å². The number of nitrogens with zero attached hydrogens (tertiary/aromatic N) is 4. The Morgan fingerprint density at radius 1 is 1.45 bits per heavy atom. The van der Waals surface area contributed by atoms with Crippen molar-refractivity contribution >= 4 is 34.1 Å². The first-order valence-corrected chi connectivity index (χ1v) is 8.12. The smallest absolute Gasteiger partial charge is 0.163 e. The van der Waals surface area contributed by atoms with E-state index in [4.69, 9.17) is 16.6 Å². The molecule has 0 aromatic carbocycles. The molecule has 0 aliphatic rings. The number of alkyl halides is 1. The lowest BCUT2D eigenvalue weighted by molar-refractivity contribution is 0.727. The van der Waals surface area contributed by atoms with Gasteiger partial charge in [0.1, 0.15) is 11.3 Å². The first kappa shape index (κ1) is 13.6. The average Bonchev–Trinajstić information content (AvgIpc) is 3.08. The molecule has 0 N–H and O–H groups in total. The molecule has 0 bridgehead atoms. The number of halogens is 1. The Labute approximate surface area is 127 Å². The van der Waals surface area contributed by atoms with Gasteiger partial charge in [0.05, 0.1) is 16.8 Å². The summed E-state index contributed by atoms with van der Waals surface area (Å²) in [7, 11) is 1.97. The number of imidazole rings is 1. The summed E-state index contributed by atoms with van der Waals surface area (Å²) in [5, 5.41) is 8.63. The quantitative estimate of drug-likeness (QED) is 0.681. The van der Waals surface area contributed by atoms with Crippen molar-refractivity contribution < 1.29 is 0 Å². The molecule has 3 heterocycles. The Morgan fingerprint density at radius 2 is 2.25 bits per heavy atom. The van der Waals surface area contributed by atoms with Gasteiger partial charge in [-0.1, -0.05) is 13.3 Å². The molecule has 6 heteroatoms. The molecule has 0 aliphatic heterocycles. The third-order valence-electron chi connectivity index (χ3n) is 3.34. The summed E-state index contributed by atoms with van der Waals surface area (Å²) in [6.07, 6.45) is 2.00. The van der Waals surface area contributed by atoms with Crippen LogP contribution in [0.1, 0.15) is 37.2 Å². The molecule has 3 aromatic rings. The van der Waals surface area contributed by atoms with E-state index in [1.807, 2.05) is 18.7 Å². The average molecular weight is 309 g/mol. The highest BCUT2D eigenvalue weighted by atomic mass is 35.5. The maximum atomic E-state index is 6.33. The van der Waals surface area contributed by atoms with Crippen LogP contribution >= 0.6 is 22.9 Å². The Bertz CT molecular complexity index is 724. The van der Waals surface area contributed by atoms with Gasteiger partial charge in [0.25, 0.3) is 0 Å². The molecule has 0 radical (unpaired) electrons. The van der Waals surface area contributed by atoms with Gasteiger partial charge >= 0.3 is 0 Å². The lowest BCUT2D eigenvalue weighted by Gasteiger charge is -2.08. The number of aryl methyl sites for hydroxylation is 2. The van der Waals surface area contributed by atoms with E-state index in [0.29, 0.717) is 0 Å². The Hall–Kier alpha value is -1.33. The SMILES string of the molecule is CCCc1nn(C)c2c1nc(C(C)Cl)n2-c1ccsc1. The molecule has 0 amide bonds. The van der Waals surface area contributed by atoms with E-state index in [9.17, 15) is 0 Å². The highest BCUT2D eigenvalue weighted by Gasteiger charge is 2.22. The van der Waals surface area contributed by atoms with Crippen LogP contribution in [0.5, 0.6) is 0 Å². The minimum atomic E-state index is -0.142. The van der Waals surface area contributed by atoms with Gasteiger partial charge in [0.15, 0.2) is 5.65 Å². The molecule has 3 aromatic heterocycles. The summed E-state index contributed by atoms with van der Waals surface area (Å²) in [5.41, 5.74) is 4.15. The number of thiophene rings is 1. The minimum absolute atomic E-state index is 0.142. The molecule has 1 atom stereocenters. The molecule has 0 aliphatic carbocycles. The number of hydrogen-bond acceptors (Lipinski definition) is 3. The van der Waals surface area contributed by atoms with Crippen LogP contribution in [0, 0.1) is 0 Å². The fourth-order valence-corrected chi connectivity index (χ4v) is 3.27. The Morgan fingerprint density at radius 3 is 2.85 bits per heavy atom. The fraction of sp³-hybridized carbons (Fsp3) is 0.429. The van der Waals surface area contributed by atoms with Crippen LogP contribution in [-0.2, 0) is 13.5 Å². The predicted molar refractivity (Wildman–Crippen MR) is 84.0 cm³/mol. The van der Waals surface area contributed by atoms with Crippen LogP contribution in [0.4, 0.5) is 0 Å². The summed E-state index contributed by atoms with van der Waals surface area (Å²) in [6, 6.07) is 2.08. The zero-order valence-corrected chi connectivity index (χ0v) is 13.4. The summed E-state index contributed by atoms with van der Waals surface area (Å²) in [4.78, 5) is 4.76. The fourth-order valence-electron chi connectivity index (χ4n) is 2.51. The van der Waals surface area contributed by atoms with Crippen LogP contribution in [-0.4, -0.2) is 19.3 Å². The van der Waals surface area contributed by atoms with Gasteiger partial charge in [-0.25, -0.2) is 9.67 Å². The summed E-state index contributed by atoms with van der Waals surface area (Å²) >= 11 is 7.99. The summed E-state index contributed by atoms with van der Waals surface area (Å²) < 4.78 is 4.03. The van der Waals surface area contributed by atoms with Crippen LogP contribution in [0.15, 0.2) is 16.8 Å². The van der Waals surface area contributed by atoms with Crippen LogP contribution < -0.4 is 0 Å². The topological polar surface area (TPSA) is 35.6 Å². The van der Waals surface area contributed by atoms with Crippen molar-refractivity contribution in [2.45, 2.75) is 32.1 Å². The number of rotatable bonds is 4. The second-order valence-electron chi connectivity index (χ2n) is 4.90. The van der Waals surface area contributed by atoms with E-state index in [-0.39, 0.29) is 5.38 Å². The number of aromatic nitrogens is 4. The normalized spacial score (nSPS) is 13.2. The Kier molecular flexibility index (Phi) is 3.56. The minimum Gasteiger partial charge on any atom is -0.279 e. The first-order chi connectivity index (χ1) is 9.63. The van der Waals surface area contributed by atoms with E-state index < -0.39 is 0 Å². The van der Waals surface area contributed by atoms with Crippen LogP contribution in [0.3, 0.4) is 0 Å². The molecule has 0 saturated carbocycles. The van der Waals surface area contributed by atoms with Crippen molar-refractivity contribution in [2.24, 2.45) is 7.05 Å². The van der Waals surface area contributed by atoms with Gasteiger partial charge in [0.2, 0.25) is 0 Å². The van der Waals surface area contributed by atoms with Gasteiger partial charge in [-0.3, -0.25) is 4.57 Å².